The summed E-state index contributed by atoms with van der Waals surface area (Å²) in [7, 11) is -2.38. The maximum atomic E-state index is 13.7. The van der Waals surface area contributed by atoms with E-state index < -0.39 is 27.3 Å². The Kier molecular flexibility index (Phi) is 4.97. The van der Waals surface area contributed by atoms with Crippen LogP contribution in [0.4, 0.5) is 14.5 Å². The standard InChI is InChI=1S/C12H11BrF2N2O2S2/c1-16-6-10-11(2-3-20-10)21(18,19)17-12-8(14)4-7(13)5-9(12)15/h2-5,16-17H,6H2,1H3. The molecule has 0 aliphatic carbocycles. The molecule has 1 aromatic heterocycles. The molecule has 0 amide bonds. The second-order valence-corrected chi connectivity index (χ2v) is 7.66. The summed E-state index contributed by atoms with van der Waals surface area (Å²) in [5.41, 5.74) is -0.695. The molecule has 0 fully saturated rings. The molecule has 0 unspecified atom stereocenters. The van der Waals surface area contributed by atoms with Crippen molar-refractivity contribution in [2.75, 3.05) is 11.8 Å². The number of hydrogen-bond acceptors (Lipinski definition) is 4. The van der Waals surface area contributed by atoms with Crippen LogP contribution < -0.4 is 10.0 Å². The molecule has 0 bridgehead atoms. The summed E-state index contributed by atoms with van der Waals surface area (Å²) in [5.74, 6) is -1.98. The molecule has 0 atom stereocenters. The van der Waals surface area contributed by atoms with Crippen LogP contribution in [-0.4, -0.2) is 15.5 Å². The molecule has 2 aromatic rings. The molecular formula is C12H11BrF2N2O2S2. The molecule has 9 heteroatoms. The van der Waals surface area contributed by atoms with E-state index in [4.69, 9.17) is 0 Å². The maximum Gasteiger partial charge on any atom is 0.263 e. The molecule has 1 aromatic carbocycles. The maximum absolute atomic E-state index is 13.7. The first-order chi connectivity index (χ1) is 9.85. The van der Waals surface area contributed by atoms with Crippen LogP contribution >= 0.6 is 27.3 Å². The highest BCUT2D eigenvalue weighted by Gasteiger charge is 2.23. The molecule has 2 rings (SSSR count). The van der Waals surface area contributed by atoms with E-state index in [-0.39, 0.29) is 9.37 Å². The van der Waals surface area contributed by atoms with Gasteiger partial charge in [0.15, 0.2) is 11.6 Å². The third kappa shape index (κ3) is 3.60. The van der Waals surface area contributed by atoms with Crippen LogP contribution in [0.3, 0.4) is 0 Å². The first-order valence-corrected chi connectivity index (χ1v) is 8.89. The van der Waals surface area contributed by atoms with Crippen LogP contribution in [-0.2, 0) is 16.6 Å². The lowest BCUT2D eigenvalue weighted by molar-refractivity contribution is 0.581. The minimum atomic E-state index is -4.06. The van der Waals surface area contributed by atoms with Crippen molar-refractivity contribution in [2.45, 2.75) is 11.4 Å². The van der Waals surface area contributed by atoms with E-state index in [1.54, 1.807) is 12.4 Å². The predicted octanol–water partition coefficient (Wildman–Crippen LogP) is 3.31. The van der Waals surface area contributed by atoms with Gasteiger partial charge < -0.3 is 5.32 Å². The Morgan fingerprint density at radius 2 is 1.90 bits per heavy atom. The van der Waals surface area contributed by atoms with Gasteiger partial charge in [-0.1, -0.05) is 15.9 Å². The monoisotopic (exact) mass is 396 g/mol. The van der Waals surface area contributed by atoms with Crippen LogP contribution in [0, 0.1) is 11.6 Å². The zero-order valence-corrected chi connectivity index (χ0v) is 14.0. The molecule has 4 nitrogen and oxygen atoms in total. The summed E-state index contributed by atoms with van der Waals surface area (Å²) in [6.07, 6.45) is 0. The largest absolute Gasteiger partial charge is 0.315 e. The molecular weight excluding hydrogens is 386 g/mol. The van der Waals surface area contributed by atoms with E-state index in [1.807, 2.05) is 4.72 Å². The molecule has 0 spiro atoms. The minimum absolute atomic E-state index is 0.00330. The zero-order chi connectivity index (χ0) is 15.6. The highest BCUT2D eigenvalue weighted by molar-refractivity contribution is 9.10. The van der Waals surface area contributed by atoms with Crippen molar-refractivity contribution in [3.8, 4) is 0 Å². The van der Waals surface area contributed by atoms with Gasteiger partial charge in [-0.25, -0.2) is 17.2 Å². The normalized spacial score (nSPS) is 11.6. The molecule has 21 heavy (non-hydrogen) atoms. The van der Waals surface area contributed by atoms with Crippen molar-refractivity contribution < 1.29 is 17.2 Å². The lowest BCUT2D eigenvalue weighted by Gasteiger charge is -2.11. The number of hydrogen-bond donors (Lipinski definition) is 2. The van der Waals surface area contributed by atoms with Gasteiger partial charge in [0.1, 0.15) is 10.6 Å². The van der Waals surface area contributed by atoms with Gasteiger partial charge in [0.25, 0.3) is 10.0 Å². The van der Waals surface area contributed by atoms with Gasteiger partial charge in [-0.3, -0.25) is 4.72 Å². The van der Waals surface area contributed by atoms with Gasteiger partial charge in [0.05, 0.1) is 0 Å². The zero-order valence-electron chi connectivity index (χ0n) is 10.8. The molecule has 0 saturated heterocycles. The summed E-state index contributed by atoms with van der Waals surface area (Å²) in [6.45, 7) is 0.346. The number of anilines is 1. The van der Waals surface area contributed by atoms with Gasteiger partial charge in [-0.2, -0.15) is 0 Å². The first-order valence-electron chi connectivity index (χ1n) is 5.73. The van der Waals surface area contributed by atoms with Crippen molar-refractivity contribution in [1.82, 2.24) is 5.32 Å². The van der Waals surface area contributed by atoms with E-state index in [0.717, 1.165) is 12.1 Å². The second-order valence-electron chi connectivity index (χ2n) is 4.09. The summed E-state index contributed by atoms with van der Waals surface area (Å²) in [6, 6.07) is 3.38. The Balaban J connectivity index is 2.40. The van der Waals surface area contributed by atoms with Gasteiger partial charge in [0.2, 0.25) is 0 Å². The number of halogens is 3. The van der Waals surface area contributed by atoms with E-state index >= 15 is 0 Å². The van der Waals surface area contributed by atoms with Crippen molar-refractivity contribution in [1.29, 1.82) is 0 Å². The van der Waals surface area contributed by atoms with Crippen LogP contribution in [0.15, 0.2) is 32.9 Å². The van der Waals surface area contributed by atoms with E-state index in [1.165, 1.54) is 17.4 Å². The minimum Gasteiger partial charge on any atom is -0.315 e. The second kappa shape index (κ2) is 6.39. The Morgan fingerprint density at radius 3 is 2.48 bits per heavy atom. The Bertz CT molecular complexity index is 739. The van der Waals surface area contributed by atoms with Crippen LogP contribution in [0.25, 0.3) is 0 Å². The van der Waals surface area contributed by atoms with E-state index in [2.05, 4.69) is 21.2 Å². The Labute approximate surface area is 133 Å². The number of benzene rings is 1. The van der Waals surface area contributed by atoms with Crippen molar-refractivity contribution in [3.63, 3.8) is 0 Å². The van der Waals surface area contributed by atoms with Crippen molar-refractivity contribution in [3.05, 3.63) is 44.6 Å². The number of sulfonamides is 1. The SMILES string of the molecule is CNCc1sccc1S(=O)(=O)Nc1c(F)cc(Br)cc1F. The third-order valence-electron chi connectivity index (χ3n) is 2.57. The van der Waals surface area contributed by atoms with E-state index in [0.29, 0.717) is 11.4 Å². The van der Waals surface area contributed by atoms with Gasteiger partial charge >= 0.3 is 0 Å². The predicted molar refractivity (Wildman–Crippen MR) is 81.9 cm³/mol. The van der Waals surface area contributed by atoms with Crippen molar-refractivity contribution >= 4 is 43.0 Å². The van der Waals surface area contributed by atoms with Crippen LogP contribution in [0.1, 0.15) is 4.88 Å². The molecule has 2 N–H and O–H groups in total. The average Bonchev–Trinajstić information content (AvgIpc) is 2.83. The topological polar surface area (TPSA) is 58.2 Å². The number of nitrogens with one attached hydrogen (secondary N) is 2. The number of thiophene rings is 1. The smallest absolute Gasteiger partial charge is 0.263 e. The van der Waals surface area contributed by atoms with Crippen LogP contribution in [0.2, 0.25) is 0 Å². The fourth-order valence-electron chi connectivity index (χ4n) is 1.69. The summed E-state index contributed by atoms with van der Waals surface area (Å²) in [5, 5.41) is 4.45. The van der Waals surface area contributed by atoms with E-state index in [9.17, 15) is 17.2 Å². The highest BCUT2D eigenvalue weighted by atomic mass is 79.9. The lowest BCUT2D eigenvalue weighted by Crippen LogP contribution is -2.17. The lowest BCUT2D eigenvalue weighted by atomic mass is 10.3. The molecule has 0 aliphatic rings. The average molecular weight is 397 g/mol. The molecule has 0 aliphatic heterocycles. The fourth-order valence-corrected chi connectivity index (χ4v) is 4.62. The quantitative estimate of drug-likeness (QED) is 0.814. The Hall–Kier alpha value is -1.03. The molecule has 1 heterocycles. The summed E-state index contributed by atoms with van der Waals surface area (Å²) < 4.78 is 54.1. The summed E-state index contributed by atoms with van der Waals surface area (Å²) >= 11 is 4.18. The summed E-state index contributed by atoms with van der Waals surface area (Å²) in [4.78, 5) is 0.562. The molecule has 114 valence electrons. The van der Waals surface area contributed by atoms with Gasteiger partial charge in [-0.15, -0.1) is 11.3 Å². The molecule has 0 saturated carbocycles. The van der Waals surface area contributed by atoms with Gasteiger partial charge in [0, 0.05) is 15.9 Å². The fraction of sp³-hybridized carbons (Fsp3) is 0.167. The third-order valence-corrected chi connectivity index (χ3v) is 5.52. The van der Waals surface area contributed by atoms with Crippen LogP contribution in [0.5, 0.6) is 0 Å². The first kappa shape index (κ1) is 16.3. The van der Waals surface area contributed by atoms with Gasteiger partial charge in [-0.05, 0) is 30.6 Å². The number of rotatable bonds is 5. The highest BCUT2D eigenvalue weighted by Crippen LogP contribution is 2.28. The Morgan fingerprint density at radius 1 is 1.29 bits per heavy atom. The molecule has 0 radical (unpaired) electrons. The van der Waals surface area contributed by atoms with Crippen molar-refractivity contribution in [2.24, 2.45) is 0 Å².